The summed E-state index contributed by atoms with van der Waals surface area (Å²) >= 11 is 0. The number of hydrogen-bond acceptors (Lipinski definition) is 6. The molecular formula is C57H106O6. The number of unbranched alkanes of at least 4 members (excludes halogenated alkanes) is 37. The summed E-state index contributed by atoms with van der Waals surface area (Å²) in [5, 5.41) is 0. The number of esters is 3. The fourth-order valence-corrected chi connectivity index (χ4v) is 8.26. The second kappa shape index (κ2) is 52.5. The fourth-order valence-electron chi connectivity index (χ4n) is 8.26. The highest BCUT2D eigenvalue weighted by Crippen LogP contribution is 2.17. The maximum Gasteiger partial charge on any atom is 0.306 e. The van der Waals surface area contributed by atoms with Gasteiger partial charge in [-0.25, -0.2) is 0 Å². The lowest BCUT2D eigenvalue weighted by Gasteiger charge is -2.18. The molecule has 1 unspecified atom stereocenters. The van der Waals surface area contributed by atoms with Crippen molar-refractivity contribution >= 4 is 17.9 Å². The first-order valence-corrected chi connectivity index (χ1v) is 27.9. The minimum Gasteiger partial charge on any atom is -0.462 e. The third kappa shape index (κ3) is 50.7. The van der Waals surface area contributed by atoms with E-state index in [4.69, 9.17) is 14.2 Å². The van der Waals surface area contributed by atoms with Crippen molar-refractivity contribution in [3.63, 3.8) is 0 Å². The Hall–Kier alpha value is -2.11. The lowest BCUT2D eigenvalue weighted by atomic mass is 10.0. The molecule has 6 nitrogen and oxygen atoms in total. The Labute approximate surface area is 392 Å². The first kappa shape index (κ1) is 60.9. The van der Waals surface area contributed by atoms with E-state index < -0.39 is 6.10 Å². The van der Waals surface area contributed by atoms with Gasteiger partial charge >= 0.3 is 17.9 Å². The molecule has 0 aliphatic carbocycles. The van der Waals surface area contributed by atoms with E-state index >= 15 is 0 Å². The number of hydrogen-bond donors (Lipinski definition) is 0. The smallest absolute Gasteiger partial charge is 0.306 e. The van der Waals surface area contributed by atoms with E-state index in [0.717, 1.165) is 64.2 Å². The molecule has 0 fully saturated rings. The quantitative estimate of drug-likeness (QED) is 0.0262. The average Bonchev–Trinajstić information content (AvgIpc) is 3.28. The summed E-state index contributed by atoms with van der Waals surface area (Å²) < 4.78 is 16.9. The lowest BCUT2D eigenvalue weighted by molar-refractivity contribution is -0.167. The van der Waals surface area contributed by atoms with Gasteiger partial charge in [0.15, 0.2) is 6.10 Å². The van der Waals surface area contributed by atoms with Crippen molar-refractivity contribution in [3.8, 4) is 0 Å². The van der Waals surface area contributed by atoms with Crippen molar-refractivity contribution < 1.29 is 28.6 Å². The standard InChI is InChI=1S/C57H106O6/c1-4-7-10-13-16-19-22-25-28-31-34-37-40-43-46-49-55(58)61-52-54(63-57(60)51-48-45-42-39-36-33-30-27-24-21-18-15-12-9-6-3)53-62-56(59)50-47-44-41-38-35-32-29-26-23-20-17-14-11-8-5-2/h16,19,22,25,54H,4-15,17-18,20-21,23-24,26-53H2,1-3H3/b19-16-,25-22-. The van der Waals surface area contributed by atoms with Crippen molar-refractivity contribution in [1.29, 1.82) is 0 Å². The predicted molar refractivity (Wildman–Crippen MR) is 270 cm³/mol. The van der Waals surface area contributed by atoms with Crippen LogP contribution in [-0.4, -0.2) is 37.2 Å². The van der Waals surface area contributed by atoms with Crippen LogP contribution < -0.4 is 0 Å². The lowest BCUT2D eigenvalue weighted by Crippen LogP contribution is -2.30. The zero-order valence-electron chi connectivity index (χ0n) is 42.4. The van der Waals surface area contributed by atoms with Crippen molar-refractivity contribution in [2.45, 2.75) is 309 Å². The van der Waals surface area contributed by atoms with E-state index in [1.807, 2.05) is 0 Å². The molecule has 0 rings (SSSR count). The van der Waals surface area contributed by atoms with Gasteiger partial charge in [-0.05, 0) is 44.9 Å². The molecule has 0 radical (unpaired) electrons. The molecule has 0 heterocycles. The van der Waals surface area contributed by atoms with Gasteiger partial charge in [0.1, 0.15) is 13.2 Å². The van der Waals surface area contributed by atoms with Crippen LogP contribution in [0.3, 0.4) is 0 Å². The molecule has 6 heteroatoms. The number of rotatable bonds is 51. The van der Waals surface area contributed by atoms with Crippen LogP contribution >= 0.6 is 0 Å². The zero-order chi connectivity index (χ0) is 45.8. The summed E-state index contributed by atoms with van der Waals surface area (Å²) in [5.41, 5.74) is 0. The van der Waals surface area contributed by atoms with Crippen LogP contribution in [0.2, 0.25) is 0 Å². The van der Waals surface area contributed by atoms with Gasteiger partial charge in [-0.3, -0.25) is 14.4 Å². The Kier molecular flexibility index (Phi) is 50.8. The van der Waals surface area contributed by atoms with Gasteiger partial charge in [0.05, 0.1) is 0 Å². The summed E-state index contributed by atoms with van der Waals surface area (Å²) in [7, 11) is 0. The Balaban J connectivity index is 4.35. The van der Waals surface area contributed by atoms with Gasteiger partial charge in [0, 0.05) is 19.3 Å². The Morgan fingerprint density at radius 2 is 0.556 bits per heavy atom. The summed E-state index contributed by atoms with van der Waals surface area (Å²) in [6.45, 7) is 6.64. The molecular weight excluding hydrogens is 781 g/mol. The molecule has 0 N–H and O–H groups in total. The topological polar surface area (TPSA) is 78.9 Å². The largest absolute Gasteiger partial charge is 0.462 e. The van der Waals surface area contributed by atoms with E-state index in [1.165, 1.54) is 199 Å². The van der Waals surface area contributed by atoms with Crippen molar-refractivity contribution in [3.05, 3.63) is 24.3 Å². The first-order chi connectivity index (χ1) is 31.0. The molecule has 1 atom stereocenters. The number of allylic oxidation sites excluding steroid dienone is 4. The molecule has 63 heavy (non-hydrogen) atoms. The normalized spacial score (nSPS) is 12.1. The summed E-state index contributed by atoms with van der Waals surface area (Å²) in [4.78, 5) is 38.1. The van der Waals surface area contributed by atoms with Crippen LogP contribution in [0.15, 0.2) is 24.3 Å². The molecule has 0 aromatic carbocycles. The first-order valence-electron chi connectivity index (χ1n) is 27.9. The Morgan fingerprint density at radius 1 is 0.317 bits per heavy atom. The van der Waals surface area contributed by atoms with Crippen LogP contribution in [0.1, 0.15) is 303 Å². The van der Waals surface area contributed by atoms with Crippen molar-refractivity contribution in [2.75, 3.05) is 13.2 Å². The summed E-state index contributed by atoms with van der Waals surface area (Å²) in [6.07, 6.45) is 60.1. The highest BCUT2D eigenvalue weighted by molar-refractivity contribution is 5.71. The van der Waals surface area contributed by atoms with E-state index in [1.54, 1.807) is 0 Å². The van der Waals surface area contributed by atoms with E-state index in [9.17, 15) is 14.4 Å². The molecule has 0 saturated carbocycles. The SMILES string of the molecule is CCCCC/C=C\C=C/CCCCCCCCC(=O)OCC(COC(=O)CCCCCCCCCCCCCCCCC)OC(=O)CCCCCCCCCCCCCCCCC. The molecule has 0 bridgehead atoms. The minimum absolute atomic E-state index is 0.0696. The van der Waals surface area contributed by atoms with E-state index in [0.29, 0.717) is 19.3 Å². The molecule has 370 valence electrons. The minimum atomic E-state index is -0.770. The second-order valence-electron chi connectivity index (χ2n) is 18.9. The molecule has 0 spiro atoms. The van der Waals surface area contributed by atoms with Crippen LogP contribution in [0, 0.1) is 0 Å². The fraction of sp³-hybridized carbons (Fsp3) is 0.877. The average molecular weight is 887 g/mol. The van der Waals surface area contributed by atoms with Crippen molar-refractivity contribution in [1.82, 2.24) is 0 Å². The highest BCUT2D eigenvalue weighted by atomic mass is 16.6. The van der Waals surface area contributed by atoms with Gasteiger partial charge in [-0.15, -0.1) is 0 Å². The third-order valence-corrected chi connectivity index (χ3v) is 12.5. The molecule has 0 aromatic heterocycles. The van der Waals surface area contributed by atoms with Gasteiger partial charge in [-0.2, -0.15) is 0 Å². The van der Waals surface area contributed by atoms with E-state index in [2.05, 4.69) is 45.1 Å². The van der Waals surface area contributed by atoms with Gasteiger partial charge < -0.3 is 14.2 Å². The predicted octanol–water partition coefficient (Wildman–Crippen LogP) is 18.3. The summed E-state index contributed by atoms with van der Waals surface area (Å²) in [5.74, 6) is -0.862. The molecule has 0 amide bonds. The van der Waals surface area contributed by atoms with Crippen LogP contribution in [0.4, 0.5) is 0 Å². The highest BCUT2D eigenvalue weighted by Gasteiger charge is 2.19. The Bertz CT molecular complexity index is 1020. The number of ether oxygens (including phenoxy) is 3. The third-order valence-electron chi connectivity index (χ3n) is 12.5. The molecule has 0 aromatic rings. The van der Waals surface area contributed by atoms with Crippen LogP contribution in [0.25, 0.3) is 0 Å². The number of carbonyl (C=O) groups is 3. The Morgan fingerprint density at radius 3 is 0.873 bits per heavy atom. The number of carbonyl (C=O) groups excluding carboxylic acids is 3. The second-order valence-corrected chi connectivity index (χ2v) is 18.9. The van der Waals surface area contributed by atoms with Crippen LogP contribution in [-0.2, 0) is 28.6 Å². The van der Waals surface area contributed by atoms with Gasteiger partial charge in [0.25, 0.3) is 0 Å². The summed E-state index contributed by atoms with van der Waals surface area (Å²) in [6, 6.07) is 0. The molecule has 0 aliphatic heterocycles. The zero-order valence-corrected chi connectivity index (χ0v) is 42.4. The van der Waals surface area contributed by atoms with Crippen molar-refractivity contribution in [2.24, 2.45) is 0 Å². The molecule has 0 aliphatic rings. The molecule has 0 saturated heterocycles. The monoisotopic (exact) mass is 887 g/mol. The van der Waals surface area contributed by atoms with E-state index in [-0.39, 0.29) is 31.1 Å². The van der Waals surface area contributed by atoms with Crippen LogP contribution in [0.5, 0.6) is 0 Å². The van der Waals surface area contributed by atoms with Gasteiger partial charge in [0.2, 0.25) is 0 Å². The van der Waals surface area contributed by atoms with Gasteiger partial charge in [-0.1, -0.05) is 263 Å². The maximum atomic E-state index is 12.8. The maximum absolute atomic E-state index is 12.8.